The first-order valence-electron chi connectivity index (χ1n) is 5.53. The van der Waals surface area contributed by atoms with Crippen LogP contribution >= 0.6 is 27.5 Å². The highest BCUT2D eigenvalue weighted by Gasteiger charge is 2.17. The van der Waals surface area contributed by atoms with Gasteiger partial charge in [-0.1, -0.05) is 17.7 Å². The van der Waals surface area contributed by atoms with Crippen molar-refractivity contribution in [3.63, 3.8) is 0 Å². The van der Waals surface area contributed by atoms with Gasteiger partial charge < -0.3 is 0 Å². The van der Waals surface area contributed by atoms with Crippen LogP contribution in [0, 0.1) is 12.7 Å². The van der Waals surface area contributed by atoms with Gasteiger partial charge in [0, 0.05) is 5.02 Å². The number of benzene rings is 2. The van der Waals surface area contributed by atoms with Crippen molar-refractivity contribution in [1.82, 2.24) is 0 Å². The summed E-state index contributed by atoms with van der Waals surface area (Å²) < 4.78 is 40.4. The molecule has 0 aliphatic rings. The van der Waals surface area contributed by atoms with Gasteiger partial charge in [-0.2, -0.15) is 0 Å². The normalized spacial score (nSPS) is 11.4. The first-order valence-corrected chi connectivity index (χ1v) is 8.19. The highest BCUT2D eigenvalue weighted by molar-refractivity contribution is 9.10. The molecule has 7 heteroatoms. The summed E-state index contributed by atoms with van der Waals surface area (Å²) in [4.78, 5) is -0.155. The van der Waals surface area contributed by atoms with Crippen molar-refractivity contribution in [1.29, 1.82) is 0 Å². The second-order valence-corrected chi connectivity index (χ2v) is 7.11. The number of nitrogens with one attached hydrogen (secondary N) is 1. The quantitative estimate of drug-likeness (QED) is 0.863. The molecule has 20 heavy (non-hydrogen) atoms. The van der Waals surface area contributed by atoms with Crippen molar-refractivity contribution in [2.75, 3.05) is 4.72 Å². The maximum absolute atomic E-state index is 13.4. The van der Waals surface area contributed by atoms with Crippen LogP contribution < -0.4 is 4.72 Å². The van der Waals surface area contributed by atoms with Crippen molar-refractivity contribution in [2.24, 2.45) is 0 Å². The molecule has 0 aromatic heterocycles. The van der Waals surface area contributed by atoms with E-state index in [4.69, 9.17) is 11.6 Å². The van der Waals surface area contributed by atoms with Crippen LogP contribution in [0.1, 0.15) is 5.56 Å². The monoisotopic (exact) mass is 377 g/mol. The Kier molecular flexibility index (Phi) is 4.36. The molecule has 0 amide bonds. The Morgan fingerprint density at radius 3 is 2.55 bits per heavy atom. The lowest BCUT2D eigenvalue weighted by atomic mass is 10.2. The number of hydrogen-bond donors (Lipinski definition) is 1. The zero-order valence-corrected chi connectivity index (χ0v) is 13.5. The average molecular weight is 379 g/mol. The Morgan fingerprint density at radius 2 is 1.90 bits per heavy atom. The predicted octanol–water partition coefficient (Wildman–Crippen LogP) is 4.35. The van der Waals surface area contributed by atoms with Crippen molar-refractivity contribution in [3.8, 4) is 0 Å². The molecule has 0 aliphatic carbocycles. The van der Waals surface area contributed by atoms with E-state index in [9.17, 15) is 12.8 Å². The van der Waals surface area contributed by atoms with Crippen LogP contribution in [-0.2, 0) is 10.0 Å². The van der Waals surface area contributed by atoms with Crippen molar-refractivity contribution in [3.05, 3.63) is 57.3 Å². The Morgan fingerprint density at radius 1 is 1.20 bits per heavy atom. The highest BCUT2D eigenvalue weighted by atomic mass is 79.9. The minimum absolute atomic E-state index is 0.155. The highest BCUT2D eigenvalue weighted by Crippen LogP contribution is 2.25. The van der Waals surface area contributed by atoms with Crippen LogP contribution in [0.15, 0.2) is 45.8 Å². The number of anilines is 1. The Labute approximate surface area is 130 Å². The summed E-state index contributed by atoms with van der Waals surface area (Å²) in [5, 5.41) is 0.412. The molecule has 0 aliphatic heterocycles. The molecule has 0 unspecified atom stereocenters. The molecule has 3 nitrogen and oxygen atoms in total. The first-order chi connectivity index (χ1) is 9.29. The summed E-state index contributed by atoms with van der Waals surface area (Å²) in [6.45, 7) is 1.75. The van der Waals surface area contributed by atoms with E-state index in [1.165, 1.54) is 18.2 Å². The van der Waals surface area contributed by atoms with Gasteiger partial charge >= 0.3 is 0 Å². The minimum atomic E-state index is -3.86. The van der Waals surface area contributed by atoms with Gasteiger partial charge in [-0.05, 0) is 58.7 Å². The number of hydrogen-bond acceptors (Lipinski definition) is 2. The molecular weight excluding hydrogens is 369 g/mol. The van der Waals surface area contributed by atoms with Crippen molar-refractivity contribution < 1.29 is 12.8 Å². The van der Waals surface area contributed by atoms with E-state index in [-0.39, 0.29) is 9.37 Å². The molecule has 106 valence electrons. The summed E-state index contributed by atoms with van der Waals surface area (Å²) >= 11 is 8.81. The SMILES string of the molecule is Cc1ccc(Cl)cc1NS(=O)(=O)c1ccc(Br)c(F)c1. The van der Waals surface area contributed by atoms with Gasteiger partial charge in [0.1, 0.15) is 5.82 Å². The van der Waals surface area contributed by atoms with Crippen LogP contribution in [0.25, 0.3) is 0 Å². The van der Waals surface area contributed by atoms with Gasteiger partial charge in [-0.3, -0.25) is 4.72 Å². The summed E-state index contributed by atoms with van der Waals surface area (Å²) in [5.41, 5.74) is 1.08. The Hall–Kier alpha value is -1.11. The Bertz CT molecular complexity index is 765. The maximum Gasteiger partial charge on any atom is 0.262 e. The molecule has 0 fully saturated rings. The number of rotatable bonds is 3. The molecule has 0 heterocycles. The smallest absolute Gasteiger partial charge is 0.262 e. The Balaban J connectivity index is 2.40. The van der Waals surface area contributed by atoms with Crippen LogP contribution in [0.3, 0.4) is 0 Å². The molecule has 0 saturated heterocycles. The van der Waals surface area contributed by atoms with E-state index < -0.39 is 15.8 Å². The summed E-state index contributed by atoms with van der Waals surface area (Å²) in [7, 11) is -3.86. The van der Waals surface area contributed by atoms with E-state index >= 15 is 0 Å². The molecule has 2 rings (SSSR count). The van der Waals surface area contributed by atoms with Crippen molar-refractivity contribution in [2.45, 2.75) is 11.8 Å². The van der Waals surface area contributed by atoms with Crippen molar-refractivity contribution >= 4 is 43.2 Å². The second-order valence-electron chi connectivity index (χ2n) is 4.14. The third kappa shape index (κ3) is 3.31. The van der Waals surface area contributed by atoms with Crippen LogP contribution in [0.4, 0.5) is 10.1 Å². The summed E-state index contributed by atoms with van der Waals surface area (Å²) in [6, 6.07) is 8.47. The number of aryl methyl sites for hydroxylation is 1. The molecule has 0 saturated carbocycles. The fourth-order valence-electron chi connectivity index (χ4n) is 1.55. The maximum atomic E-state index is 13.4. The van der Waals surface area contributed by atoms with Gasteiger partial charge in [0.25, 0.3) is 10.0 Å². The lowest BCUT2D eigenvalue weighted by Crippen LogP contribution is -2.14. The van der Waals surface area contributed by atoms with Crippen LogP contribution in [0.5, 0.6) is 0 Å². The van der Waals surface area contributed by atoms with Crippen LogP contribution in [-0.4, -0.2) is 8.42 Å². The van der Waals surface area contributed by atoms with E-state index in [1.807, 2.05) is 0 Å². The van der Waals surface area contributed by atoms with Gasteiger partial charge in [0.15, 0.2) is 0 Å². The van der Waals surface area contributed by atoms with Crippen LogP contribution in [0.2, 0.25) is 5.02 Å². The molecular formula is C13H10BrClFNO2S. The number of halogens is 3. The fourth-order valence-corrected chi connectivity index (χ4v) is 3.10. The molecule has 2 aromatic rings. The number of sulfonamides is 1. The third-order valence-electron chi connectivity index (χ3n) is 2.65. The summed E-state index contributed by atoms with van der Waals surface area (Å²) in [5.74, 6) is -0.643. The average Bonchev–Trinajstić information content (AvgIpc) is 2.36. The van der Waals surface area contributed by atoms with Gasteiger partial charge in [-0.25, -0.2) is 12.8 Å². The molecule has 0 atom stereocenters. The zero-order valence-electron chi connectivity index (χ0n) is 10.3. The van der Waals surface area contributed by atoms with Gasteiger partial charge in [0.05, 0.1) is 15.1 Å². The van der Waals surface area contributed by atoms with E-state index in [2.05, 4.69) is 20.7 Å². The lowest BCUT2D eigenvalue weighted by molar-refractivity contribution is 0.593. The molecule has 0 spiro atoms. The fraction of sp³-hybridized carbons (Fsp3) is 0.0769. The molecule has 1 N–H and O–H groups in total. The standard InChI is InChI=1S/C13H10BrClFNO2S/c1-8-2-3-9(15)6-13(8)17-20(18,19)10-4-5-11(14)12(16)7-10/h2-7,17H,1H3. The second kappa shape index (κ2) is 5.71. The van der Waals surface area contributed by atoms with E-state index in [1.54, 1.807) is 19.1 Å². The topological polar surface area (TPSA) is 46.2 Å². The predicted molar refractivity (Wildman–Crippen MR) is 81.1 cm³/mol. The molecule has 0 bridgehead atoms. The van der Waals surface area contributed by atoms with E-state index in [0.717, 1.165) is 11.6 Å². The minimum Gasteiger partial charge on any atom is -0.279 e. The first kappa shape index (κ1) is 15.3. The third-order valence-corrected chi connectivity index (χ3v) is 4.89. The van der Waals surface area contributed by atoms with Gasteiger partial charge in [-0.15, -0.1) is 0 Å². The molecule has 0 radical (unpaired) electrons. The van der Waals surface area contributed by atoms with E-state index in [0.29, 0.717) is 10.7 Å². The summed E-state index contributed by atoms with van der Waals surface area (Å²) in [6.07, 6.45) is 0. The zero-order chi connectivity index (χ0) is 14.9. The lowest BCUT2D eigenvalue weighted by Gasteiger charge is -2.11. The van der Waals surface area contributed by atoms with Gasteiger partial charge in [0.2, 0.25) is 0 Å². The largest absolute Gasteiger partial charge is 0.279 e. The molecule has 2 aromatic carbocycles.